The van der Waals surface area contributed by atoms with Gasteiger partial charge in [0, 0.05) is 5.56 Å². The molecule has 0 saturated heterocycles. The van der Waals surface area contributed by atoms with E-state index in [4.69, 9.17) is 4.74 Å². The zero-order valence-corrected chi connectivity index (χ0v) is 10.8. The van der Waals surface area contributed by atoms with Crippen LogP contribution in [0.4, 0.5) is 0 Å². The Bertz CT molecular complexity index is 363. The molecule has 0 amide bonds. The second kappa shape index (κ2) is 5.20. The van der Waals surface area contributed by atoms with Crippen LogP contribution in [0.2, 0.25) is 0 Å². The van der Waals surface area contributed by atoms with E-state index < -0.39 is 0 Å². The maximum Gasteiger partial charge on any atom is 0.126 e. The van der Waals surface area contributed by atoms with E-state index in [0.717, 1.165) is 24.3 Å². The van der Waals surface area contributed by atoms with Crippen LogP contribution in [0.15, 0.2) is 30.8 Å². The summed E-state index contributed by atoms with van der Waals surface area (Å²) in [5, 5.41) is 0. The molecule has 1 aliphatic heterocycles. The maximum absolute atomic E-state index is 5.69. The van der Waals surface area contributed by atoms with Crippen LogP contribution < -0.4 is 4.74 Å². The quantitative estimate of drug-likeness (QED) is 0.621. The number of hydrogen-bond acceptors (Lipinski definition) is 1. The monoisotopic (exact) mass is 218 g/mol. The number of benzene rings is 1. The predicted molar refractivity (Wildman–Crippen MR) is 70.7 cm³/mol. The first-order valence-corrected chi connectivity index (χ1v) is 6.03. The average Bonchev–Trinajstić information content (AvgIpc) is 2.41. The minimum atomic E-state index is 0.145. The van der Waals surface area contributed by atoms with E-state index in [-0.39, 0.29) is 5.41 Å². The Morgan fingerprint density at radius 2 is 1.81 bits per heavy atom. The fraction of sp³-hybridized carbons (Fsp3) is 0.467. The van der Waals surface area contributed by atoms with Gasteiger partial charge in [-0.15, -0.1) is 0 Å². The van der Waals surface area contributed by atoms with Gasteiger partial charge in [-0.05, 0) is 23.5 Å². The average molecular weight is 218 g/mol. The summed E-state index contributed by atoms with van der Waals surface area (Å²) in [6.07, 6.45) is 1.03. The van der Waals surface area contributed by atoms with Crippen molar-refractivity contribution in [3.05, 3.63) is 36.4 Å². The van der Waals surface area contributed by atoms with Gasteiger partial charge in [-0.1, -0.05) is 52.5 Å². The van der Waals surface area contributed by atoms with Crippen LogP contribution in [0.1, 0.15) is 39.7 Å². The van der Waals surface area contributed by atoms with Gasteiger partial charge in [0.1, 0.15) is 5.75 Å². The lowest BCUT2D eigenvalue weighted by Crippen LogP contribution is -2.13. The summed E-state index contributed by atoms with van der Waals surface area (Å²) < 4.78 is 5.69. The molecule has 1 aromatic carbocycles. The molecule has 0 atom stereocenters. The third-order valence-corrected chi connectivity index (χ3v) is 3.01. The smallest absolute Gasteiger partial charge is 0.126 e. The van der Waals surface area contributed by atoms with Gasteiger partial charge < -0.3 is 4.74 Å². The van der Waals surface area contributed by atoms with Gasteiger partial charge >= 0.3 is 0 Å². The molecule has 0 aliphatic carbocycles. The van der Waals surface area contributed by atoms with Crippen molar-refractivity contribution in [2.75, 3.05) is 6.61 Å². The second-order valence-electron chi connectivity index (χ2n) is 4.46. The fourth-order valence-electron chi connectivity index (χ4n) is 1.77. The van der Waals surface area contributed by atoms with E-state index in [2.05, 4.69) is 26.5 Å². The number of hydrogen-bond donors (Lipinski definition) is 0. The summed E-state index contributed by atoms with van der Waals surface area (Å²) in [6.45, 7) is 13.4. The van der Waals surface area contributed by atoms with Crippen molar-refractivity contribution < 1.29 is 4.74 Å². The Morgan fingerprint density at radius 3 is 2.50 bits per heavy atom. The highest BCUT2D eigenvalue weighted by molar-refractivity contribution is 5.72. The van der Waals surface area contributed by atoms with E-state index in [1.165, 1.54) is 5.57 Å². The lowest BCUT2D eigenvalue weighted by atomic mass is 9.79. The lowest BCUT2D eigenvalue weighted by Gasteiger charge is -2.24. The zero-order chi connectivity index (χ0) is 12.2. The predicted octanol–water partition coefficient (Wildman–Crippen LogP) is 4.53. The van der Waals surface area contributed by atoms with Crippen LogP contribution in [-0.4, -0.2) is 6.61 Å². The molecule has 2 rings (SSSR count). The molecular formula is C15H22O. The number of allylic oxidation sites excluding steroid dienone is 1. The molecule has 0 radical (unpaired) electrons. The normalized spacial score (nSPS) is 17.4. The SMILES string of the molecule is C=C1c2ccccc2OCCC1(C)C.CC. The molecule has 1 nitrogen and oxygen atoms in total. The first-order valence-electron chi connectivity index (χ1n) is 6.03. The van der Waals surface area contributed by atoms with Crippen molar-refractivity contribution >= 4 is 5.57 Å². The summed E-state index contributed by atoms with van der Waals surface area (Å²) in [4.78, 5) is 0. The fourth-order valence-corrected chi connectivity index (χ4v) is 1.77. The van der Waals surface area contributed by atoms with Crippen molar-refractivity contribution in [3.63, 3.8) is 0 Å². The number of para-hydroxylation sites is 1. The van der Waals surface area contributed by atoms with Gasteiger partial charge in [0.15, 0.2) is 0 Å². The molecule has 1 aliphatic rings. The number of ether oxygens (including phenoxy) is 1. The number of fused-ring (bicyclic) bond motifs is 1. The summed E-state index contributed by atoms with van der Waals surface area (Å²) in [6, 6.07) is 8.14. The minimum Gasteiger partial charge on any atom is -0.493 e. The highest BCUT2D eigenvalue weighted by Crippen LogP contribution is 2.42. The topological polar surface area (TPSA) is 9.23 Å². The van der Waals surface area contributed by atoms with E-state index in [9.17, 15) is 0 Å². The summed E-state index contributed by atoms with van der Waals surface area (Å²) in [5.74, 6) is 0.975. The molecule has 88 valence electrons. The van der Waals surface area contributed by atoms with Crippen LogP contribution in [0.25, 0.3) is 5.57 Å². The van der Waals surface area contributed by atoms with Crippen LogP contribution >= 0.6 is 0 Å². The third kappa shape index (κ3) is 2.46. The van der Waals surface area contributed by atoms with Crippen LogP contribution in [-0.2, 0) is 0 Å². The van der Waals surface area contributed by atoms with Gasteiger partial charge in [-0.2, -0.15) is 0 Å². The first kappa shape index (κ1) is 12.8. The molecular weight excluding hydrogens is 196 g/mol. The summed E-state index contributed by atoms with van der Waals surface area (Å²) in [5.41, 5.74) is 2.49. The van der Waals surface area contributed by atoms with Gasteiger partial charge in [-0.25, -0.2) is 0 Å². The Labute approximate surface area is 99.1 Å². The van der Waals surface area contributed by atoms with Gasteiger partial charge in [0.2, 0.25) is 0 Å². The molecule has 0 saturated carbocycles. The Balaban J connectivity index is 0.000000606. The molecule has 1 heteroatoms. The van der Waals surface area contributed by atoms with Gasteiger partial charge in [0.25, 0.3) is 0 Å². The lowest BCUT2D eigenvalue weighted by molar-refractivity contribution is 0.277. The van der Waals surface area contributed by atoms with E-state index in [0.29, 0.717) is 0 Å². The summed E-state index contributed by atoms with van der Waals surface area (Å²) in [7, 11) is 0. The molecule has 0 aromatic heterocycles. The van der Waals surface area contributed by atoms with E-state index >= 15 is 0 Å². The van der Waals surface area contributed by atoms with E-state index in [1.807, 2.05) is 32.0 Å². The molecule has 0 unspecified atom stereocenters. The molecule has 0 spiro atoms. The van der Waals surface area contributed by atoms with Crippen molar-refractivity contribution in [1.29, 1.82) is 0 Å². The first-order chi connectivity index (χ1) is 7.61. The van der Waals surface area contributed by atoms with Crippen molar-refractivity contribution in [2.24, 2.45) is 5.41 Å². The van der Waals surface area contributed by atoms with Crippen LogP contribution in [0, 0.1) is 5.41 Å². The Hall–Kier alpha value is -1.24. The zero-order valence-electron chi connectivity index (χ0n) is 10.8. The molecule has 0 bridgehead atoms. The van der Waals surface area contributed by atoms with Gasteiger partial charge in [-0.3, -0.25) is 0 Å². The third-order valence-electron chi connectivity index (χ3n) is 3.01. The molecule has 16 heavy (non-hydrogen) atoms. The Kier molecular flexibility index (Phi) is 4.17. The molecule has 0 N–H and O–H groups in total. The standard InChI is InChI=1S/C13H16O.C2H6/c1-10-11-6-4-5-7-12(11)14-9-8-13(10,2)3;1-2/h4-7H,1,8-9H2,2-3H3;1-2H3. The van der Waals surface area contributed by atoms with Crippen molar-refractivity contribution in [1.82, 2.24) is 0 Å². The van der Waals surface area contributed by atoms with Crippen LogP contribution in [0.3, 0.4) is 0 Å². The highest BCUT2D eigenvalue weighted by atomic mass is 16.5. The van der Waals surface area contributed by atoms with E-state index in [1.54, 1.807) is 0 Å². The number of rotatable bonds is 0. The minimum absolute atomic E-state index is 0.145. The second-order valence-corrected chi connectivity index (χ2v) is 4.46. The van der Waals surface area contributed by atoms with Crippen molar-refractivity contribution in [2.45, 2.75) is 34.1 Å². The summed E-state index contributed by atoms with van der Waals surface area (Å²) >= 11 is 0. The van der Waals surface area contributed by atoms with Crippen LogP contribution in [0.5, 0.6) is 5.75 Å². The molecule has 1 heterocycles. The van der Waals surface area contributed by atoms with Crippen molar-refractivity contribution in [3.8, 4) is 5.75 Å². The highest BCUT2D eigenvalue weighted by Gasteiger charge is 2.27. The largest absolute Gasteiger partial charge is 0.493 e. The Morgan fingerprint density at radius 1 is 1.19 bits per heavy atom. The molecule has 1 aromatic rings. The maximum atomic E-state index is 5.69. The molecule has 0 fully saturated rings. The van der Waals surface area contributed by atoms with Gasteiger partial charge in [0.05, 0.1) is 6.61 Å².